The maximum absolute atomic E-state index is 11.2. The number of hydrogen-bond acceptors (Lipinski definition) is 5. The van der Waals surface area contributed by atoms with E-state index in [-0.39, 0.29) is 17.1 Å². The number of rotatable bonds is 4. The van der Waals surface area contributed by atoms with E-state index in [2.05, 4.69) is 26.2 Å². The summed E-state index contributed by atoms with van der Waals surface area (Å²) in [6.45, 7) is 1.85. The van der Waals surface area contributed by atoms with E-state index in [0.717, 1.165) is 22.3 Å². The van der Waals surface area contributed by atoms with Gasteiger partial charge in [0, 0.05) is 16.2 Å². The summed E-state index contributed by atoms with van der Waals surface area (Å²) in [4.78, 5) is 25.1. The summed E-state index contributed by atoms with van der Waals surface area (Å²) >= 11 is 3.32. The van der Waals surface area contributed by atoms with Gasteiger partial charge in [-0.2, -0.15) is 0 Å². The Morgan fingerprint density at radius 2 is 2.14 bits per heavy atom. The summed E-state index contributed by atoms with van der Waals surface area (Å²) in [7, 11) is 0. The van der Waals surface area contributed by atoms with Gasteiger partial charge in [0.2, 0.25) is 0 Å². The summed E-state index contributed by atoms with van der Waals surface area (Å²) in [6, 6.07) is 6.44. The largest absolute Gasteiger partial charge is 0.478 e. The first-order valence-electron chi connectivity index (χ1n) is 5.79. The minimum absolute atomic E-state index is 0.0503. The van der Waals surface area contributed by atoms with Crippen LogP contribution in [0.4, 0.5) is 17.2 Å². The molecule has 8 heteroatoms. The highest BCUT2D eigenvalue weighted by molar-refractivity contribution is 9.10. The van der Waals surface area contributed by atoms with E-state index < -0.39 is 10.9 Å². The minimum atomic E-state index is -1.29. The molecule has 2 aromatic rings. The molecule has 0 atom stereocenters. The number of halogens is 1. The van der Waals surface area contributed by atoms with Crippen molar-refractivity contribution in [1.82, 2.24) is 4.98 Å². The molecule has 0 fully saturated rings. The number of carbonyl (C=O) groups is 1. The van der Waals surface area contributed by atoms with Crippen LogP contribution in [0.15, 0.2) is 34.9 Å². The molecule has 1 heterocycles. The number of aromatic carboxylic acids is 1. The normalized spacial score (nSPS) is 10.2. The summed E-state index contributed by atoms with van der Waals surface area (Å²) < 4.78 is 0.814. The Kier molecular flexibility index (Phi) is 4.18. The number of aryl methyl sites for hydroxylation is 1. The predicted molar refractivity (Wildman–Crippen MR) is 80.0 cm³/mol. The molecule has 2 N–H and O–H groups in total. The maximum Gasteiger partial charge on any atom is 0.339 e. The second-order valence-electron chi connectivity index (χ2n) is 4.24. The lowest BCUT2D eigenvalue weighted by Gasteiger charge is -2.11. The summed E-state index contributed by atoms with van der Waals surface area (Å²) in [6.07, 6.45) is 1.02. The van der Waals surface area contributed by atoms with Crippen LogP contribution in [0.1, 0.15) is 15.9 Å². The number of benzene rings is 1. The fraction of sp³-hybridized carbons (Fsp3) is 0.0769. The number of nitro groups is 1. The third-order valence-corrected chi connectivity index (χ3v) is 3.26. The molecule has 0 saturated carbocycles. The van der Waals surface area contributed by atoms with Crippen molar-refractivity contribution in [3.05, 3.63) is 56.2 Å². The van der Waals surface area contributed by atoms with E-state index in [1.54, 1.807) is 6.07 Å². The third-order valence-electron chi connectivity index (χ3n) is 2.77. The van der Waals surface area contributed by atoms with Gasteiger partial charge in [-0.3, -0.25) is 10.1 Å². The molecule has 0 aliphatic carbocycles. The van der Waals surface area contributed by atoms with Crippen molar-refractivity contribution in [3.8, 4) is 0 Å². The SMILES string of the molecule is Cc1ccc(Br)cc1Nc1ncc([N+](=O)[O-])cc1C(=O)O. The zero-order chi connectivity index (χ0) is 15.6. The number of hydrogen-bond donors (Lipinski definition) is 2. The lowest BCUT2D eigenvalue weighted by Crippen LogP contribution is -2.06. The molecule has 108 valence electrons. The molecule has 0 saturated heterocycles. The number of nitrogens with zero attached hydrogens (tertiary/aromatic N) is 2. The zero-order valence-electron chi connectivity index (χ0n) is 10.8. The fourth-order valence-corrected chi connectivity index (χ4v) is 2.03. The van der Waals surface area contributed by atoms with Gasteiger partial charge >= 0.3 is 5.97 Å². The molecule has 7 nitrogen and oxygen atoms in total. The first-order valence-corrected chi connectivity index (χ1v) is 6.58. The number of anilines is 2. The number of aromatic nitrogens is 1. The van der Waals surface area contributed by atoms with E-state index in [1.165, 1.54) is 0 Å². The zero-order valence-corrected chi connectivity index (χ0v) is 12.4. The van der Waals surface area contributed by atoms with E-state index in [9.17, 15) is 14.9 Å². The molecule has 0 spiro atoms. The van der Waals surface area contributed by atoms with Gasteiger partial charge in [-0.1, -0.05) is 22.0 Å². The Morgan fingerprint density at radius 3 is 2.76 bits per heavy atom. The first kappa shape index (κ1) is 14.9. The lowest BCUT2D eigenvalue weighted by atomic mass is 10.2. The molecule has 2 rings (SSSR count). The molecule has 0 aliphatic heterocycles. The highest BCUT2D eigenvalue weighted by Crippen LogP contribution is 2.26. The van der Waals surface area contributed by atoms with Gasteiger partial charge < -0.3 is 10.4 Å². The van der Waals surface area contributed by atoms with Gasteiger partial charge in [-0.05, 0) is 24.6 Å². The average molecular weight is 352 g/mol. The van der Waals surface area contributed by atoms with Crippen molar-refractivity contribution >= 4 is 39.1 Å². The van der Waals surface area contributed by atoms with Crippen LogP contribution in [0.25, 0.3) is 0 Å². The fourth-order valence-electron chi connectivity index (χ4n) is 1.67. The average Bonchev–Trinajstić information content (AvgIpc) is 2.42. The van der Waals surface area contributed by atoms with Crippen LogP contribution in [0.2, 0.25) is 0 Å². The van der Waals surface area contributed by atoms with Crippen molar-refractivity contribution in [2.24, 2.45) is 0 Å². The predicted octanol–water partition coefficient (Wildman–Crippen LogP) is 3.50. The number of nitrogens with one attached hydrogen (secondary N) is 1. The standard InChI is InChI=1S/C13H10BrN3O4/c1-7-2-3-8(14)4-11(7)16-12-10(13(18)19)5-9(6-15-12)17(20)21/h2-6H,1H3,(H,15,16)(H,18,19). The van der Waals surface area contributed by atoms with Gasteiger partial charge in [-0.25, -0.2) is 9.78 Å². The quantitative estimate of drug-likeness (QED) is 0.644. The molecular weight excluding hydrogens is 342 g/mol. The molecule has 0 unspecified atom stereocenters. The molecule has 0 radical (unpaired) electrons. The van der Waals surface area contributed by atoms with Crippen molar-refractivity contribution in [2.45, 2.75) is 6.92 Å². The van der Waals surface area contributed by atoms with Crippen LogP contribution >= 0.6 is 15.9 Å². The third kappa shape index (κ3) is 3.34. The van der Waals surface area contributed by atoms with Crippen molar-refractivity contribution in [3.63, 3.8) is 0 Å². The minimum Gasteiger partial charge on any atom is -0.478 e. The topological polar surface area (TPSA) is 105 Å². The van der Waals surface area contributed by atoms with Gasteiger partial charge in [0.25, 0.3) is 5.69 Å². The van der Waals surface area contributed by atoms with Crippen molar-refractivity contribution in [1.29, 1.82) is 0 Å². The van der Waals surface area contributed by atoms with Crippen LogP contribution in [-0.2, 0) is 0 Å². The summed E-state index contributed by atoms with van der Waals surface area (Å²) in [5.41, 5.74) is 0.912. The molecular formula is C13H10BrN3O4. The Bertz CT molecular complexity index is 733. The Hall–Kier alpha value is -2.48. The molecule has 1 aromatic carbocycles. The van der Waals surface area contributed by atoms with Gasteiger partial charge in [-0.15, -0.1) is 0 Å². The van der Waals surface area contributed by atoms with E-state index in [0.29, 0.717) is 5.69 Å². The number of carboxylic acids is 1. The summed E-state index contributed by atoms with van der Waals surface area (Å²) in [5.74, 6) is -1.24. The molecule has 0 bridgehead atoms. The second-order valence-corrected chi connectivity index (χ2v) is 5.15. The number of pyridine rings is 1. The van der Waals surface area contributed by atoms with Gasteiger partial charge in [0.1, 0.15) is 17.6 Å². The Morgan fingerprint density at radius 1 is 1.43 bits per heavy atom. The highest BCUT2D eigenvalue weighted by Gasteiger charge is 2.18. The van der Waals surface area contributed by atoms with Crippen LogP contribution in [-0.4, -0.2) is 21.0 Å². The lowest BCUT2D eigenvalue weighted by molar-refractivity contribution is -0.385. The first-order chi connectivity index (χ1) is 9.88. The van der Waals surface area contributed by atoms with Gasteiger partial charge in [0.05, 0.1) is 4.92 Å². The molecule has 1 aromatic heterocycles. The molecule has 0 aliphatic rings. The maximum atomic E-state index is 11.2. The molecule has 0 amide bonds. The number of carboxylic acid groups (broad SMARTS) is 1. The molecule has 21 heavy (non-hydrogen) atoms. The monoisotopic (exact) mass is 351 g/mol. The Labute approximate surface area is 127 Å². The van der Waals surface area contributed by atoms with Crippen molar-refractivity contribution in [2.75, 3.05) is 5.32 Å². The van der Waals surface area contributed by atoms with Crippen LogP contribution in [0.5, 0.6) is 0 Å². The van der Waals surface area contributed by atoms with Crippen molar-refractivity contribution < 1.29 is 14.8 Å². The highest BCUT2D eigenvalue weighted by atomic mass is 79.9. The smallest absolute Gasteiger partial charge is 0.339 e. The van der Waals surface area contributed by atoms with Gasteiger partial charge in [0.15, 0.2) is 0 Å². The summed E-state index contributed by atoms with van der Waals surface area (Å²) in [5, 5.41) is 22.7. The van der Waals surface area contributed by atoms with E-state index in [1.807, 2.05) is 19.1 Å². The Balaban J connectivity index is 2.46. The van der Waals surface area contributed by atoms with Crippen LogP contribution in [0.3, 0.4) is 0 Å². The van der Waals surface area contributed by atoms with Crippen LogP contribution < -0.4 is 5.32 Å². The van der Waals surface area contributed by atoms with E-state index in [4.69, 9.17) is 5.11 Å². The second kappa shape index (κ2) is 5.88. The van der Waals surface area contributed by atoms with E-state index >= 15 is 0 Å². The van der Waals surface area contributed by atoms with Crippen LogP contribution in [0, 0.1) is 17.0 Å².